The molecule has 104 valence electrons. The van der Waals surface area contributed by atoms with Gasteiger partial charge in [0.2, 0.25) is 0 Å². The molecular formula is C19H18N2. The van der Waals surface area contributed by atoms with Crippen LogP contribution in [-0.2, 0) is 0 Å². The molecule has 2 N–H and O–H groups in total. The van der Waals surface area contributed by atoms with E-state index in [9.17, 15) is 0 Å². The van der Waals surface area contributed by atoms with Crippen LogP contribution in [0.4, 0.5) is 17.1 Å². The first kappa shape index (κ1) is 13.3. The highest BCUT2D eigenvalue weighted by molar-refractivity contribution is 5.70. The smallest absolute Gasteiger partial charge is 0.0408 e. The normalized spacial score (nSPS) is 10.3. The number of para-hydroxylation sites is 1. The Kier molecular flexibility index (Phi) is 3.61. The van der Waals surface area contributed by atoms with Crippen molar-refractivity contribution in [2.75, 3.05) is 17.7 Å². The number of rotatable bonds is 3. The first-order chi connectivity index (χ1) is 10.2. The van der Waals surface area contributed by atoms with E-state index in [0.29, 0.717) is 0 Å². The van der Waals surface area contributed by atoms with E-state index in [1.807, 2.05) is 30.3 Å². The van der Waals surface area contributed by atoms with Gasteiger partial charge in [0.15, 0.2) is 0 Å². The minimum atomic E-state index is 0.791. The highest BCUT2D eigenvalue weighted by atomic mass is 15.1. The summed E-state index contributed by atoms with van der Waals surface area (Å²) in [6, 6.07) is 26.8. The second-order valence-corrected chi connectivity index (χ2v) is 5.06. The Balaban J connectivity index is 1.85. The Morgan fingerprint density at radius 2 is 1.10 bits per heavy atom. The summed E-state index contributed by atoms with van der Waals surface area (Å²) in [6.45, 7) is 0. The third kappa shape index (κ3) is 2.90. The van der Waals surface area contributed by atoms with Gasteiger partial charge in [-0.15, -0.1) is 0 Å². The lowest BCUT2D eigenvalue weighted by atomic mass is 10.0. The molecule has 21 heavy (non-hydrogen) atoms. The van der Waals surface area contributed by atoms with Gasteiger partial charge in [-0.1, -0.05) is 42.5 Å². The number of hydrogen-bond donors (Lipinski definition) is 1. The van der Waals surface area contributed by atoms with Crippen molar-refractivity contribution < 1.29 is 0 Å². The predicted octanol–water partition coefficient (Wildman–Crippen LogP) is 4.70. The maximum absolute atomic E-state index is 5.73. The molecule has 0 heterocycles. The molecule has 0 amide bonds. The highest BCUT2D eigenvalue weighted by Gasteiger charge is 2.04. The van der Waals surface area contributed by atoms with E-state index in [4.69, 9.17) is 5.73 Å². The quantitative estimate of drug-likeness (QED) is 0.701. The summed E-state index contributed by atoms with van der Waals surface area (Å²) >= 11 is 0. The van der Waals surface area contributed by atoms with E-state index < -0.39 is 0 Å². The number of nitrogen functional groups attached to an aromatic ring is 1. The molecule has 2 heteroatoms. The topological polar surface area (TPSA) is 29.3 Å². The van der Waals surface area contributed by atoms with Crippen LogP contribution >= 0.6 is 0 Å². The van der Waals surface area contributed by atoms with Crippen LogP contribution < -0.4 is 10.6 Å². The average molecular weight is 274 g/mol. The first-order valence-electron chi connectivity index (χ1n) is 6.99. The molecule has 0 aliphatic carbocycles. The van der Waals surface area contributed by atoms with Crippen molar-refractivity contribution >= 4 is 17.1 Å². The van der Waals surface area contributed by atoms with Crippen molar-refractivity contribution in [3.05, 3.63) is 78.9 Å². The fraction of sp³-hybridized carbons (Fsp3) is 0.0526. The van der Waals surface area contributed by atoms with Crippen molar-refractivity contribution in [1.29, 1.82) is 0 Å². The van der Waals surface area contributed by atoms with E-state index >= 15 is 0 Å². The molecule has 0 aliphatic heterocycles. The molecule has 0 atom stereocenters. The van der Waals surface area contributed by atoms with Crippen LogP contribution in [0.1, 0.15) is 0 Å². The fourth-order valence-corrected chi connectivity index (χ4v) is 2.35. The molecular weight excluding hydrogens is 256 g/mol. The number of benzene rings is 3. The van der Waals surface area contributed by atoms with Crippen molar-refractivity contribution in [2.45, 2.75) is 0 Å². The van der Waals surface area contributed by atoms with Crippen LogP contribution in [0.25, 0.3) is 11.1 Å². The molecule has 3 aromatic carbocycles. The minimum absolute atomic E-state index is 0.791. The zero-order valence-electron chi connectivity index (χ0n) is 12.0. The third-order valence-corrected chi connectivity index (χ3v) is 3.64. The van der Waals surface area contributed by atoms with E-state index in [2.05, 4.69) is 60.5 Å². The highest BCUT2D eigenvalue weighted by Crippen LogP contribution is 2.27. The van der Waals surface area contributed by atoms with Gasteiger partial charge in [0, 0.05) is 24.1 Å². The van der Waals surface area contributed by atoms with Crippen LogP contribution in [0.15, 0.2) is 78.9 Å². The van der Waals surface area contributed by atoms with Gasteiger partial charge >= 0.3 is 0 Å². The molecule has 0 bridgehead atoms. The molecule has 0 unspecified atom stereocenters. The molecule has 0 fully saturated rings. The molecule has 0 saturated heterocycles. The molecule has 3 aromatic rings. The van der Waals surface area contributed by atoms with E-state index in [1.165, 1.54) is 22.5 Å². The van der Waals surface area contributed by atoms with E-state index in [1.54, 1.807) is 0 Å². The van der Waals surface area contributed by atoms with E-state index in [-0.39, 0.29) is 0 Å². The molecule has 2 nitrogen and oxygen atoms in total. The zero-order valence-corrected chi connectivity index (χ0v) is 12.0. The lowest BCUT2D eigenvalue weighted by Crippen LogP contribution is -2.08. The Morgan fingerprint density at radius 1 is 0.619 bits per heavy atom. The second kappa shape index (κ2) is 5.71. The monoisotopic (exact) mass is 274 g/mol. The predicted molar refractivity (Wildman–Crippen MR) is 90.8 cm³/mol. The third-order valence-electron chi connectivity index (χ3n) is 3.64. The van der Waals surface area contributed by atoms with Crippen LogP contribution in [0.3, 0.4) is 0 Å². The second-order valence-electron chi connectivity index (χ2n) is 5.06. The Labute approximate surface area is 125 Å². The van der Waals surface area contributed by atoms with Gasteiger partial charge in [0.25, 0.3) is 0 Å². The van der Waals surface area contributed by atoms with Gasteiger partial charge < -0.3 is 10.6 Å². The molecule has 0 aliphatic rings. The van der Waals surface area contributed by atoms with Crippen molar-refractivity contribution in [2.24, 2.45) is 0 Å². The standard InChI is InChI=1S/C19H18N2/c1-21(18-5-3-2-4-6-18)19-13-9-16(10-14-19)15-7-11-17(20)12-8-15/h2-14H,20H2,1H3. The summed E-state index contributed by atoms with van der Waals surface area (Å²) in [6.07, 6.45) is 0. The Bertz CT molecular complexity index is 701. The van der Waals surface area contributed by atoms with Gasteiger partial charge in [-0.25, -0.2) is 0 Å². The molecule has 0 saturated carbocycles. The van der Waals surface area contributed by atoms with E-state index in [0.717, 1.165) is 5.69 Å². The zero-order chi connectivity index (χ0) is 14.7. The summed E-state index contributed by atoms with van der Waals surface area (Å²) in [5.74, 6) is 0. The largest absolute Gasteiger partial charge is 0.399 e. The summed E-state index contributed by atoms with van der Waals surface area (Å²) < 4.78 is 0. The van der Waals surface area contributed by atoms with Crippen molar-refractivity contribution in [1.82, 2.24) is 0 Å². The summed E-state index contributed by atoms with van der Waals surface area (Å²) in [4.78, 5) is 2.17. The number of nitrogens with two attached hydrogens (primary N) is 1. The molecule has 3 rings (SSSR count). The Hall–Kier alpha value is -2.74. The van der Waals surface area contributed by atoms with Gasteiger partial charge in [0.05, 0.1) is 0 Å². The molecule has 0 spiro atoms. The molecule has 0 radical (unpaired) electrons. The van der Waals surface area contributed by atoms with Crippen molar-refractivity contribution in [3.8, 4) is 11.1 Å². The van der Waals surface area contributed by atoms with Crippen molar-refractivity contribution in [3.63, 3.8) is 0 Å². The average Bonchev–Trinajstić information content (AvgIpc) is 2.56. The minimum Gasteiger partial charge on any atom is -0.399 e. The van der Waals surface area contributed by atoms with Gasteiger partial charge in [-0.2, -0.15) is 0 Å². The van der Waals surface area contributed by atoms with Gasteiger partial charge in [-0.3, -0.25) is 0 Å². The van der Waals surface area contributed by atoms with Crippen LogP contribution in [0, 0.1) is 0 Å². The first-order valence-corrected chi connectivity index (χ1v) is 6.99. The SMILES string of the molecule is CN(c1ccccc1)c1ccc(-c2ccc(N)cc2)cc1. The maximum Gasteiger partial charge on any atom is 0.0408 e. The lowest BCUT2D eigenvalue weighted by molar-refractivity contribution is 1.21. The lowest BCUT2D eigenvalue weighted by Gasteiger charge is -2.19. The summed E-state index contributed by atoms with van der Waals surface area (Å²) in [5, 5.41) is 0. The van der Waals surface area contributed by atoms with Crippen LogP contribution in [0.5, 0.6) is 0 Å². The van der Waals surface area contributed by atoms with Gasteiger partial charge in [-0.05, 0) is 47.5 Å². The number of nitrogens with zero attached hydrogens (tertiary/aromatic N) is 1. The summed E-state index contributed by atoms with van der Waals surface area (Å²) in [5.41, 5.74) is 11.2. The number of anilines is 3. The Morgan fingerprint density at radius 3 is 1.67 bits per heavy atom. The fourth-order valence-electron chi connectivity index (χ4n) is 2.35. The van der Waals surface area contributed by atoms with Crippen LogP contribution in [-0.4, -0.2) is 7.05 Å². The summed E-state index contributed by atoms with van der Waals surface area (Å²) in [7, 11) is 2.08. The van der Waals surface area contributed by atoms with Gasteiger partial charge in [0.1, 0.15) is 0 Å². The number of hydrogen-bond acceptors (Lipinski definition) is 2. The molecule has 0 aromatic heterocycles. The maximum atomic E-state index is 5.73. The van der Waals surface area contributed by atoms with Crippen LogP contribution in [0.2, 0.25) is 0 Å².